The van der Waals surface area contributed by atoms with Crippen molar-refractivity contribution in [1.82, 2.24) is 14.7 Å². The molecule has 0 spiro atoms. The highest BCUT2D eigenvalue weighted by molar-refractivity contribution is 5.95. The number of aryl methyl sites for hydroxylation is 1. The Labute approximate surface area is 197 Å². The Morgan fingerprint density at radius 2 is 1.48 bits per heavy atom. The second-order valence-corrected chi connectivity index (χ2v) is 9.91. The van der Waals surface area contributed by atoms with E-state index in [1.54, 1.807) is 0 Å². The van der Waals surface area contributed by atoms with Crippen molar-refractivity contribution in [1.29, 1.82) is 0 Å². The van der Waals surface area contributed by atoms with Crippen LogP contribution in [0.25, 0.3) is 0 Å². The van der Waals surface area contributed by atoms with E-state index in [1.165, 1.54) is 24.0 Å². The predicted octanol–water partition coefficient (Wildman–Crippen LogP) is 3.90. The van der Waals surface area contributed by atoms with Gasteiger partial charge in [-0.15, -0.1) is 0 Å². The van der Waals surface area contributed by atoms with Gasteiger partial charge in [-0.25, -0.2) is 0 Å². The van der Waals surface area contributed by atoms with E-state index in [-0.39, 0.29) is 11.9 Å². The van der Waals surface area contributed by atoms with Crippen LogP contribution in [0.3, 0.4) is 0 Å². The fourth-order valence-corrected chi connectivity index (χ4v) is 5.99. The average molecular weight is 446 g/mol. The van der Waals surface area contributed by atoms with E-state index in [0.717, 1.165) is 56.6 Å². The molecule has 1 aliphatic carbocycles. The molecule has 3 aliphatic rings. The molecule has 1 saturated carbocycles. The van der Waals surface area contributed by atoms with Gasteiger partial charge in [0.1, 0.15) is 0 Å². The number of carbonyl (C=O) groups excluding carboxylic acids is 2. The molecule has 0 unspecified atom stereocenters. The van der Waals surface area contributed by atoms with Gasteiger partial charge in [0.15, 0.2) is 0 Å². The van der Waals surface area contributed by atoms with Gasteiger partial charge in [0, 0.05) is 44.8 Å². The zero-order valence-corrected chi connectivity index (χ0v) is 19.7. The molecule has 5 heteroatoms. The molecule has 0 aromatic heterocycles. The van der Waals surface area contributed by atoms with E-state index in [9.17, 15) is 9.59 Å². The van der Waals surface area contributed by atoms with Crippen LogP contribution in [-0.4, -0.2) is 65.3 Å². The first-order chi connectivity index (χ1) is 16.1. The minimum atomic E-state index is -0.0477. The van der Waals surface area contributed by atoms with Crippen molar-refractivity contribution < 1.29 is 9.59 Å². The van der Waals surface area contributed by atoms with Crippen molar-refractivity contribution in [2.45, 2.75) is 51.6 Å². The van der Waals surface area contributed by atoms with Crippen LogP contribution in [0.5, 0.6) is 0 Å². The quantitative estimate of drug-likeness (QED) is 0.717. The normalized spacial score (nSPS) is 20.5. The molecule has 0 N–H and O–H groups in total. The molecule has 1 atom stereocenters. The molecule has 2 aliphatic heterocycles. The van der Waals surface area contributed by atoms with Crippen LogP contribution in [0.2, 0.25) is 0 Å². The van der Waals surface area contributed by atoms with Gasteiger partial charge in [0.25, 0.3) is 5.91 Å². The Morgan fingerprint density at radius 1 is 0.818 bits per heavy atom. The van der Waals surface area contributed by atoms with Gasteiger partial charge in [-0.3, -0.25) is 14.5 Å². The Kier molecular flexibility index (Phi) is 6.50. The molecule has 2 heterocycles. The molecule has 2 aromatic rings. The number of fused-ring (bicyclic) bond motifs is 1. The highest BCUT2D eigenvalue weighted by Gasteiger charge is 2.40. The van der Waals surface area contributed by atoms with E-state index in [2.05, 4.69) is 34.1 Å². The summed E-state index contributed by atoms with van der Waals surface area (Å²) in [7, 11) is 0. The van der Waals surface area contributed by atoms with Crippen LogP contribution in [0.15, 0.2) is 48.5 Å². The van der Waals surface area contributed by atoms with E-state index in [1.807, 2.05) is 36.1 Å². The number of amides is 2. The Bertz CT molecular complexity index is 1010. The molecular formula is C28H35N3O2. The standard InChI is InChI=1S/C28H35N3O2/c1-21-8-2-7-13-25(21)27(32)30-18-16-29(17-19-30)26(23-10-4-5-11-23)28(33)31-15-14-22-9-3-6-12-24(22)20-31/h2-3,6-9,12-13,23,26H,4-5,10-11,14-20H2,1H3/t26-/m1/s1. The number of hydrogen-bond donors (Lipinski definition) is 0. The van der Waals surface area contributed by atoms with E-state index < -0.39 is 0 Å². The van der Waals surface area contributed by atoms with Crippen LogP contribution >= 0.6 is 0 Å². The molecule has 174 valence electrons. The van der Waals surface area contributed by atoms with Crippen LogP contribution in [-0.2, 0) is 17.8 Å². The van der Waals surface area contributed by atoms with Gasteiger partial charge in [-0.05, 0) is 54.9 Å². The fraction of sp³-hybridized carbons (Fsp3) is 0.500. The molecular weight excluding hydrogens is 410 g/mol. The SMILES string of the molecule is Cc1ccccc1C(=O)N1CCN([C@@H](C(=O)N2CCc3ccccc3C2)C2CCCC2)CC1. The number of hydrogen-bond acceptors (Lipinski definition) is 3. The van der Waals surface area contributed by atoms with Gasteiger partial charge >= 0.3 is 0 Å². The lowest BCUT2D eigenvalue weighted by Crippen LogP contribution is -2.58. The van der Waals surface area contributed by atoms with Crippen LogP contribution in [0.4, 0.5) is 0 Å². The number of nitrogens with zero attached hydrogens (tertiary/aromatic N) is 3. The topological polar surface area (TPSA) is 43.9 Å². The van der Waals surface area contributed by atoms with Crippen LogP contribution in [0, 0.1) is 12.8 Å². The largest absolute Gasteiger partial charge is 0.337 e. The molecule has 2 aromatic carbocycles. The van der Waals surface area contributed by atoms with Crippen LogP contribution < -0.4 is 0 Å². The summed E-state index contributed by atoms with van der Waals surface area (Å²) in [5.74, 6) is 0.854. The Hall–Kier alpha value is -2.66. The van der Waals surface area contributed by atoms with Crippen molar-refractivity contribution in [2.24, 2.45) is 5.92 Å². The zero-order valence-electron chi connectivity index (χ0n) is 19.7. The third kappa shape index (κ3) is 4.56. The maximum absolute atomic E-state index is 13.9. The Morgan fingerprint density at radius 3 is 2.21 bits per heavy atom. The van der Waals surface area contributed by atoms with Crippen molar-refractivity contribution in [3.05, 3.63) is 70.8 Å². The van der Waals surface area contributed by atoms with Crippen molar-refractivity contribution in [3.8, 4) is 0 Å². The summed E-state index contributed by atoms with van der Waals surface area (Å²) in [6, 6.07) is 16.3. The monoisotopic (exact) mass is 445 g/mol. The van der Waals surface area contributed by atoms with Crippen molar-refractivity contribution in [2.75, 3.05) is 32.7 Å². The molecule has 5 nitrogen and oxygen atoms in total. The maximum Gasteiger partial charge on any atom is 0.254 e. The second-order valence-electron chi connectivity index (χ2n) is 9.91. The number of benzene rings is 2. The summed E-state index contributed by atoms with van der Waals surface area (Å²) in [6.45, 7) is 6.45. The maximum atomic E-state index is 13.9. The average Bonchev–Trinajstić information content (AvgIpc) is 3.38. The zero-order chi connectivity index (χ0) is 22.8. The summed E-state index contributed by atoms with van der Waals surface area (Å²) in [4.78, 5) is 33.4. The lowest BCUT2D eigenvalue weighted by molar-refractivity contribution is -0.141. The smallest absolute Gasteiger partial charge is 0.254 e. The van der Waals surface area contributed by atoms with Gasteiger partial charge in [0.2, 0.25) is 5.91 Å². The van der Waals surface area contributed by atoms with E-state index in [4.69, 9.17) is 0 Å². The number of rotatable bonds is 4. The van der Waals surface area contributed by atoms with Gasteiger partial charge in [-0.1, -0.05) is 55.3 Å². The Balaban J connectivity index is 1.28. The summed E-state index contributed by atoms with van der Waals surface area (Å²) >= 11 is 0. The minimum Gasteiger partial charge on any atom is -0.337 e. The number of piperazine rings is 1. The molecule has 5 rings (SSSR count). The summed E-state index contributed by atoms with van der Waals surface area (Å²) in [6.07, 6.45) is 5.68. The highest BCUT2D eigenvalue weighted by atomic mass is 16.2. The van der Waals surface area contributed by atoms with Gasteiger partial charge in [0.05, 0.1) is 6.04 Å². The van der Waals surface area contributed by atoms with Crippen LogP contribution in [0.1, 0.15) is 52.7 Å². The molecule has 2 fully saturated rings. The first kappa shape index (κ1) is 22.1. The lowest BCUT2D eigenvalue weighted by Gasteiger charge is -2.43. The molecule has 2 amide bonds. The third-order valence-corrected chi connectivity index (χ3v) is 7.91. The molecule has 0 bridgehead atoms. The van der Waals surface area contributed by atoms with Gasteiger partial charge < -0.3 is 9.80 Å². The first-order valence-corrected chi connectivity index (χ1v) is 12.6. The number of carbonyl (C=O) groups is 2. The molecule has 33 heavy (non-hydrogen) atoms. The summed E-state index contributed by atoms with van der Waals surface area (Å²) in [5, 5.41) is 0. The first-order valence-electron chi connectivity index (χ1n) is 12.6. The minimum absolute atomic E-state index is 0.0477. The van der Waals surface area contributed by atoms with Crippen molar-refractivity contribution >= 4 is 11.8 Å². The third-order valence-electron chi connectivity index (χ3n) is 7.91. The summed E-state index contributed by atoms with van der Waals surface area (Å²) in [5.41, 5.74) is 4.48. The molecule has 0 radical (unpaired) electrons. The second kappa shape index (κ2) is 9.68. The lowest BCUT2D eigenvalue weighted by atomic mass is 9.92. The summed E-state index contributed by atoms with van der Waals surface area (Å²) < 4.78 is 0. The van der Waals surface area contributed by atoms with Crippen molar-refractivity contribution in [3.63, 3.8) is 0 Å². The predicted molar refractivity (Wildman–Crippen MR) is 130 cm³/mol. The molecule has 1 saturated heterocycles. The fourth-order valence-electron chi connectivity index (χ4n) is 5.99. The highest BCUT2D eigenvalue weighted by Crippen LogP contribution is 2.33. The van der Waals surface area contributed by atoms with E-state index >= 15 is 0 Å². The van der Waals surface area contributed by atoms with E-state index in [0.29, 0.717) is 24.9 Å². The van der Waals surface area contributed by atoms with Gasteiger partial charge in [-0.2, -0.15) is 0 Å².